The summed E-state index contributed by atoms with van der Waals surface area (Å²) in [5.74, 6) is 1.19. The van der Waals surface area contributed by atoms with Crippen LogP contribution in [0.5, 0.6) is 5.75 Å². The van der Waals surface area contributed by atoms with Gasteiger partial charge in [0.2, 0.25) is 5.95 Å². The van der Waals surface area contributed by atoms with Gasteiger partial charge in [0.25, 0.3) is 0 Å². The second kappa shape index (κ2) is 8.15. The van der Waals surface area contributed by atoms with Crippen LogP contribution in [0.1, 0.15) is 41.3 Å². The van der Waals surface area contributed by atoms with Crippen LogP contribution in [0.3, 0.4) is 0 Å². The molecule has 2 aromatic carbocycles. The lowest BCUT2D eigenvalue weighted by atomic mass is 10.0. The zero-order chi connectivity index (χ0) is 22.4. The van der Waals surface area contributed by atoms with Gasteiger partial charge in [0.05, 0.1) is 12.3 Å². The summed E-state index contributed by atoms with van der Waals surface area (Å²) in [6, 6.07) is 12.3. The maximum Gasteiger partial charge on any atom is 0.208 e. The molecular weight excluding hydrogens is 417 g/mol. The van der Waals surface area contributed by atoms with Crippen LogP contribution in [-0.2, 0) is 13.0 Å². The highest BCUT2D eigenvalue weighted by molar-refractivity contribution is 5.78. The second-order valence-corrected chi connectivity index (χ2v) is 8.80. The first-order chi connectivity index (χ1) is 16.2. The molecule has 0 saturated carbocycles. The first-order valence-electron chi connectivity index (χ1n) is 11.5. The van der Waals surface area contributed by atoms with Crippen LogP contribution in [0.2, 0.25) is 0 Å². The summed E-state index contributed by atoms with van der Waals surface area (Å²) < 4.78 is 22.1. The van der Waals surface area contributed by atoms with Crippen LogP contribution >= 0.6 is 0 Å². The third-order valence-corrected chi connectivity index (χ3v) is 6.66. The lowest BCUT2D eigenvalue weighted by Gasteiger charge is -2.14. The number of ether oxygens (including phenoxy) is 1. The van der Waals surface area contributed by atoms with E-state index in [1.165, 1.54) is 24.5 Å². The highest BCUT2D eigenvalue weighted by atomic mass is 19.1. The molecule has 2 aliphatic rings. The van der Waals surface area contributed by atoms with Crippen molar-refractivity contribution < 1.29 is 9.13 Å². The van der Waals surface area contributed by atoms with Crippen molar-refractivity contribution in [3.05, 3.63) is 77.0 Å². The highest BCUT2D eigenvalue weighted by Gasteiger charge is 2.20. The Hall–Kier alpha value is -3.45. The zero-order valence-electron chi connectivity index (χ0n) is 18.6. The fourth-order valence-electron chi connectivity index (χ4n) is 4.97. The van der Waals surface area contributed by atoms with Crippen molar-refractivity contribution in [3.63, 3.8) is 0 Å². The van der Waals surface area contributed by atoms with E-state index in [0.29, 0.717) is 30.7 Å². The number of hydrogen-bond acceptors (Lipinski definition) is 5. The van der Waals surface area contributed by atoms with Crippen molar-refractivity contribution in [3.8, 4) is 16.9 Å². The molecule has 0 spiro atoms. The number of nitrogens with one attached hydrogen (secondary N) is 2. The van der Waals surface area contributed by atoms with Gasteiger partial charge >= 0.3 is 0 Å². The number of fused-ring (bicyclic) bond motifs is 2. The molecule has 2 N–H and O–H groups in total. The lowest BCUT2D eigenvalue weighted by molar-refractivity contribution is 0.356. The van der Waals surface area contributed by atoms with Crippen molar-refractivity contribution in [2.75, 3.05) is 18.5 Å². The summed E-state index contributed by atoms with van der Waals surface area (Å²) >= 11 is 0. The van der Waals surface area contributed by atoms with Crippen molar-refractivity contribution >= 4 is 11.6 Å². The van der Waals surface area contributed by atoms with Crippen LogP contribution in [0.4, 0.5) is 10.3 Å². The van der Waals surface area contributed by atoms with Gasteiger partial charge in [0.1, 0.15) is 17.2 Å². The second-order valence-electron chi connectivity index (χ2n) is 8.80. The van der Waals surface area contributed by atoms with Gasteiger partial charge in [0, 0.05) is 48.1 Å². The number of rotatable bonds is 5. The minimum atomic E-state index is -0.224. The number of benzene rings is 2. The van der Waals surface area contributed by atoms with Gasteiger partial charge in [-0.25, -0.2) is 14.4 Å². The molecule has 0 radical (unpaired) electrons. The fourth-order valence-corrected chi connectivity index (χ4v) is 4.97. The normalized spacial score (nSPS) is 17.3. The molecule has 33 heavy (non-hydrogen) atoms. The Bertz CT molecular complexity index is 1330. The van der Waals surface area contributed by atoms with E-state index < -0.39 is 0 Å². The summed E-state index contributed by atoms with van der Waals surface area (Å²) in [6.07, 6.45) is 6.94. The van der Waals surface area contributed by atoms with E-state index in [2.05, 4.69) is 39.9 Å². The number of nitrogens with zero attached hydrogens (tertiary/aromatic N) is 3. The quantitative estimate of drug-likeness (QED) is 0.463. The van der Waals surface area contributed by atoms with Gasteiger partial charge in [-0.2, -0.15) is 0 Å². The molecule has 1 fully saturated rings. The molecule has 0 unspecified atom stereocenters. The van der Waals surface area contributed by atoms with Gasteiger partial charge < -0.3 is 15.4 Å². The van der Waals surface area contributed by atoms with Crippen LogP contribution in [0.15, 0.2) is 48.8 Å². The van der Waals surface area contributed by atoms with E-state index in [1.54, 1.807) is 6.07 Å². The summed E-state index contributed by atoms with van der Waals surface area (Å²) in [5, 5.41) is 6.87. The van der Waals surface area contributed by atoms with Gasteiger partial charge in [-0.1, -0.05) is 24.3 Å². The molecule has 1 saturated heterocycles. The van der Waals surface area contributed by atoms with E-state index in [4.69, 9.17) is 9.72 Å². The van der Waals surface area contributed by atoms with Gasteiger partial charge in [-0.15, -0.1) is 0 Å². The zero-order valence-corrected chi connectivity index (χ0v) is 18.6. The molecule has 6 nitrogen and oxygen atoms in total. The number of aromatic nitrogens is 3. The van der Waals surface area contributed by atoms with Gasteiger partial charge in [0.15, 0.2) is 0 Å². The van der Waals surface area contributed by atoms with Crippen molar-refractivity contribution in [1.82, 2.24) is 19.7 Å². The Morgan fingerprint density at radius 1 is 1.21 bits per heavy atom. The molecule has 1 atom stereocenters. The monoisotopic (exact) mass is 443 g/mol. The molecule has 4 heterocycles. The van der Waals surface area contributed by atoms with E-state index in [1.807, 2.05) is 23.7 Å². The molecule has 0 amide bonds. The smallest absolute Gasteiger partial charge is 0.208 e. The molecule has 2 aromatic heterocycles. The third kappa shape index (κ3) is 3.62. The highest BCUT2D eigenvalue weighted by Crippen LogP contribution is 2.32. The first-order valence-corrected chi connectivity index (χ1v) is 11.5. The molecule has 0 bridgehead atoms. The maximum absolute atomic E-state index is 14.6. The largest absolute Gasteiger partial charge is 0.493 e. The fraction of sp³-hybridized carbons (Fsp3) is 0.308. The third-order valence-electron chi connectivity index (χ3n) is 6.66. The predicted octanol–water partition coefficient (Wildman–Crippen LogP) is 4.82. The number of imidazole rings is 1. The standard InChI is InChI=1S/C26H26FN5O/c1-16-15-32-25(31-16)20(17-4-6-18(7-5-17)23-3-2-11-28-23)13-29-26(32)30-14-21-19-10-12-33-24(19)9-8-22(21)27/h4-9,13,15,23,28H,2-3,10-12,14H2,1H3,(H,29,30)/t23-/m1/s1. The molecule has 4 aromatic rings. The van der Waals surface area contributed by atoms with Crippen LogP contribution in [0, 0.1) is 12.7 Å². The Kier molecular flexibility index (Phi) is 4.99. The van der Waals surface area contributed by atoms with Crippen LogP contribution in [-0.4, -0.2) is 27.5 Å². The van der Waals surface area contributed by atoms with Crippen molar-refractivity contribution in [1.29, 1.82) is 0 Å². The Morgan fingerprint density at radius 3 is 2.91 bits per heavy atom. The summed E-state index contributed by atoms with van der Waals surface area (Å²) in [4.78, 5) is 9.44. The molecule has 6 rings (SSSR count). The first kappa shape index (κ1) is 20.2. The SMILES string of the molecule is Cc1cn2c(NCc3c(F)ccc4c3CCO4)ncc(-c3ccc([C@H]4CCCN4)cc3)c2n1. The Balaban J connectivity index is 1.31. The van der Waals surface area contributed by atoms with Gasteiger partial charge in [-0.3, -0.25) is 4.40 Å². The molecule has 7 heteroatoms. The minimum absolute atomic E-state index is 0.224. The van der Waals surface area contributed by atoms with E-state index >= 15 is 0 Å². The Morgan fingerprint density at radius 2 is 2.09 bits per heavy atom. The predicted molar refractivity (Wildman–Crippen MR) is 126 cm³/mol. The maximum atomic E-state index is 14.6. The van der Waals surface area contributed by atoms with E-state index in [9.17, 15) is 4.39 Å². The number of aryl methyl sites for hydroxylation is 1. The van der Waals surface area contributed by atoms with Crippen molar-refractivity contribution in [2.45, 2.75) is 38.8 Å². The summed E-state index contributed by atoms with van der Waals surface area (Å²) in [5.41, 5.74) is 6.68. The van der Waals surface area contributed by atoms with Crippen LogP contribution in [0.25, 0.3) is 16.8 Å². The summed E-state index contributed by atoms with van der Waals surface area (Å²) in [7, 11) is 0. The van der Waals surface area contributed by atoms with Crippen LogP contribution < -0.4 is 15.4 Å². The minimum Gasteiger partial charge on any atom is -0.493 e. The summed E-state index contributed by atoms with van der Waals surface area (Å²) in [6.45, 7) is 3.98. The van der Waals surface area contributed by atoms with E-state index in [-0.39, 0.29) is 5.82 Å². The van der Waals surface area contributed by atoms with E-state index in [0.717, 1.165) is 46.7 Å². The number of halogens is 1. The number of anilines is 1. The van der Waals surface area contributed by atoms with Gasteiger partial charge in [-0.05, 0) is 49.6 Å². The number of hydrogen-bond donors (Lipinski definition) is 2. The molecule has 2 aliphatic heterocycles. The molecule has 0 aliphatic carbocycles. The topological polar surface area (TPSA) is 63.5 Å². The average molecular weight is 444 g/mol. The lowest BCUT2D eigenvalue weighted by Crippen LogP contribution is -2.12. The van der Waals surface area contributed by atoms with Crippen molar-refractivity contribution in [2.24, 2.45) is 0 Å². The molecular formula is C26H26FN5O. The average Bonchev–Trinajstić information content (AvgIpc) is 3.59. The molecule has 168 valence electrons. The Labute approximate surface area is 191 Å².